The van der Waals surface area contributed by atoms with Gasteiger partial charge in [0.25, 0.3) is 0 Å². The number of carbonyl (C=O) groups excluding carboxylic acids is 1. The van der Waals surface area contributed by atoms with Gasteiger partial charge in [0, 0.05) is 17.6 Å². The number of primary amides is 1. The van der Waals surface area contributed by atoms with E-state index in [4.69, 9.17) is 17.3 Å². The molecule has 1 aromatic rings. The monoisotopic (exact) mass is 266 g/mol. The van der Waals surface area contributed by atoms with Crippen LogP contribution < -0.4 is 5.73 Å². The Balaban J connectivity index is 2.05. The summed E-state index contributed by atoms with van der Waals surface area (Å²) in [5.41, 5.74) is 6.58. The van der Waals surface area contributed by atoms with Gasteiger partial charge in [0.2, 0.25) is 0 Å². The highest BCUT2D eigenvalue weighted by atomic mass is 35.5. The smallest absolute Gasteiger partial charge is 0.315 e. The summed E-state index contributed by atoms with van der Waals surface area (Å²) in [5.74, 6) is 0. The van der Waals surface area contributed by atoms with Crippen LogP contribution in [0.1, 0.15) is 37.7 Å². The predicted octanol–water partition coefficient (Wildman–Crippen LogP) is 3.55. The number of urea groups is 1. The van der Waals surface area contributed by atoms with Crippen molar-refractivity contribution < 1.29 is 4.79 Å². The molecule has 2 N–H and O–H groups in total. The minimum Gasteiger partial charge on any atom is -0.351 e. The zero-order valence-electron chi connectivity index (χ0n) is 10.4. The van der Waals surface area contributed by atoms with Crippen LogP contribution in [-0.2, 0) is 6.54 Å². The van der Waals surface area contributed by atoms with E-state index in [1.807, 2.05) is 24.3 Å². The molecule has 0 atom stereocenters. The molecule has 0 radical (unpaired) electrons. The SMILES string of the molecule is NC(=O)N(Cc1ccc(Cl)cc1)C1CCCCC1. The molecule has 0 aliphatic heterocycles. The maximum Gasteiger partial charge on any atom is 0.315 e. The van der Waals surface area contributed by atoms with Gasteiger partial charge in [0.15, 0.2) is 0 Å². The zero-order valence-corrected chi connectivity index (χ0v) is 11.2. The number of hydrogen-bond acceptors (Lipinski definition) is 1. The van der Waals surface area contributed by atoms with Crippen LogP contribution in [0.4, 0.5) is 4.79 Å². The van der Waals surface area contributed by atoms with E-state index in [1.54, 1.807) is 4.90 Å². The molecule has 1 aromatic carbocycles. The number of carbonyl (C=O) groups is 1. The first-order valence-corrected chi connectivity index (χ1v) is 6.85. The van der Waals surface area contributed by atoms with E-state index in [2.05, 4.69) is 0 Å². The molecule has 1 fully saturated rings. The number of halogens is 1. The van der Waals surface area contributed by atoms with Crippen LogP contribution >= 0.6 is 11.6 Å². The molecule has 0 heterocycles. The van der Waals surface area contributed by atoms with Crippen LogP contribution in [0.2, 0.25) is 5.02 Å². The third-order valence-corrected chi connectivity index (χ3v) is 3.82. The van der Waals surface area contributed by atoms with Crippen molar-refractivity contribution in [2.75, 3.05) is 0 Å². The molecule has 0 bridgehead atoms. The highest BCUT2D eigenvalue weighted by Gasteiger charge is 2.23. The van der Waals surface area contributed by atoms with E-state index in [0.717, 1.165) is 18.4 Å². The lowest BCUT2D eigenvalue weighted by Crippen LogP contribution is -2.43. The summed E-state index contributed by atoms with van der Waals surface area (Å²) in [6.45, 7) is 0.581. The van der Waals surface area contributed by atoms with E-state index >= 15 is 0 Å². The van der Waals surface area contributed by atoms with Crippen LogP contribution in [0.3, 0.4) is 0 Å². The lowest BCUT2D eigenvalue weighted by Gasteiger charge is -2.33. The minimum atomic E-state index is -0.322. The maximum atomic E-state index is 11.6. The van der Waals surface area contributed by atoms with Gasteiger partial charge >= 0.3 is 6.03 Å². The lowest BCUT2D eigenvalue weighted by atomic mass is 9.94. The summed E-state index contributed by atoms with van der Waals surface area (Å²) in [5, 5.41) is 0.710. The highest BCUT2D eigenvalue weighted by molar-refractivity contribution is 6.30. The van der Waals surface area contributed by atoms with Gasteiger partial charge in [-0.15, -0.1) is 0 Å². The van der Waals surface area contributed by atoms with Gasteiger partial charge in [0.05, 0.1) is 0 Å². The first kappa shape index (κ1) is 13.2. The fraction of sp³-hybridized carbons (Fsp3) is 0.500. The zero-order chi connectivity index (χ0) is 13.0. The van der Waals surface area contributed by atoms with Gasteiger partial charge in [-0.25, -0.2) is 4.79 Å². The van der Waals surface area contributed by atoms with Crippen molar-refractivity contribution in [2.24, 2.45) is 5.73 Å². The Kier molecular flexibility index (Phi) is 4.48. The van der Waals surface area contributed by atoms with E-state index < -0.39 is 0 Å². The van der Waals surface area contributed by atoms with Gasteiger partial charge in [-0.05, 0) is 30.5 Å². The molecule has 98 valence electrons. The van der Waals surface area contributed by atoms with Gasteiger partial charge in [-0.2, -0.15) is 0 Å². The molecule has 2 rings (SSSR count). The highest BCUT2D eigenvalue weighted by Crippen LogP contribution is 2.24. The maximum absolute atomic E-state index is 11.6. The molecular formula is C14H19ClN2O. The Morgan fingerprint density at radius 1 is 1.22 bits per heavy atom. The van der Waals surface area contributed by atoms with Crippen molar-refractivity contribution in [2.45, 2.75) is 44.7 Å². The van der Waals surface area contributed by atoms with Crippen LogP contribution in [-0.4, -0.2) is 17.0 Å². The Labute approximate surface area is 113 Å². The largest absolute Gasteiger partial charge is 0.351 e. The second kappa shape index (κ2) is 6.10. The van der Waals surface area contributed by atoms with Crippen molar-refractivity contribution in [3.05, 3.63) is 34.9 Å². The summed E-state index contributed by atoms with van der Waals surface area (Å²) >= 11 is 5.85. The molecule has 1 saturated carbocycles. The number of hydrogen-bond donors (Lipinski definition) is 1. The second-order valence-electron chi connectivity index (χ2n) is 4.88. The van der Waals surface area contributed by atoms with Gasteiger partial charge < -0.3 is 10.6 Å². The fourth-order valence-electron chi connectivity index (χ4n) is 2.57. The summed E-state index contributed by atoms with van der Waals surface area (Å²) in [7, 11) is 0. The first-order valence-electron chi connectivity index (χ1n) is 6.47. The predicted molar refractivity (Wildman–Crippen MR) is 73.5 cm³/mol. The number of amides is 2. The van der Waals surface area contributed by atoms with Crippen LogP contribution in [0.15, 0.2) is 24.3 Å². The fourth-order valence-corrected chi connectivity index (χ4v) is 2.69. The average Bonchev–Trinajstić information content (AvgIpc) is 2.38. The normalized spacial score (nSPS) is 16.5. The van der Waals surface area contributed by atoms with Crippen LogP contribution in [0, 0.1) is 0 Å². The molecule has 4 heteroatoms. The number of benzene rings is 1. The average molecular weight is 267 g/mol. The number of rotatable bonds is 3. The molecule has 0 aromatic heterocycles. The summed E-state index contributed by atoms with van der Waals surface area (Å²) in [4.78, 5) is 13.4. The number of nitrogens with zero attached hydrogens (tertiary/aromatic N) is 1. The third-order valence-electron chi connectivity index (χ3n) is 3.56. The molecule has 0 spiro atoms. The summed E-state index contributed by atoms with van der Waals surface area (Å²) in [6.07, 6.45) is 5.78. The van der Waals surface area contributed by atoms with Crippen LogP contribution in [0.5, 0.6) is 0 Å². The minimum absolute atomic E-state index is 0.298. The Bertz CT molecular complexity index is 399. The molecule has 1 aliphatic carbocycles. The Morgan fingerprint density at radius 2 is 1.83 bits per heavy atom. The van der Waals surface area contributed by atoms with Crippen molar-refractivity contribution in [1.82, 2.24) is 4.90 Å². The van der Waals surface area contributed by atoms with Crippen molar-refractivity contribution in [3.63, 3.8) is 0 Å². The topological polar surface area (TPSA) is 46.3 Å². The van der Waals surface area contributed by atoms with Gasteiger partial charge in [-0.3, -0.25) is 0 Å². The van der Waals surface area contributed by atoms with Gasteiger partial charge in [-0.1, -0.05) is 43.0 Å². The summed E-state index contributed by atoms with van der Waals surface area (Å²) in [6, 6.07) is 7.56. The van der Waals surface area contributed by atoms with Crippen LogP contribution in [0.25, 0.3) is 0 Å². The molecule has 0 unspecified atom stereocenters. The summed E-state index contributed by atoms with van der Waals surface area (Å²) < 4.78 is 0. The molecular weight excluding hydrogens is 248 g/mol. The Morgan fingerprint density at radius 3 is 2.39 bits per heavy atom. The first-order chi connectivity index (χ1) is 8.66. The van der Waals surface area contributed by atoms with E-state index in [1.165, 1.54) is 19.3 Å². The second-order valence-corrected chi connectivity index (χ2v) is 5.32. The molecule has 18 heavy (non-hydrogen) atoms. The standard InChI is InChI=1S/C14H19ClN2O/c15-12-8-6-11(7-9-12)10-17(14(16)18)13-4-2-1-3-5-13/h6-9,13H,1-5,10H2,(H2,16,18). The molecule has 0 saturated heterocycles. The van der Waals surface area contributed by atoms with Crippen molar-refractivity contribution >= 4 is 17.6 Å². The van der Waals surface area contributed by atoms with E-state index in [9.17, 15) is 4.79 Å². The van der Waals surface area contributed by atoms with E-state index in [-0.39, 0.29) is 6.03 Å². The van der Waals surface area contributed by atoms with Gasteiger partial charge in [0.1, 0.15) is 0 Å². The third kappa shape index (κ3) is 3.39. The number of nitrogens with two attached hydrogens (primary N) is 1. The molecule has 1 aliphatic rings. The Hall–Kier alpha value is -1.22. The van der Waals surface area contributed by atoms with E-state index in [0.29, 0.717) is 17.6 Å². The molecule has 2 amide bonds. The molecule has 3 nitrogen and oxygen atoms in total. The van der Waals surface area contributed by atoms with Crippen molar-refractivity contribution in [1.29, 1.82) is 0 Å². The lowest BCUT2D eigenvalue weighted by molar-refractivity contribution is 0.159. The van der Waals surface area contributed by atoms with Crippen molar-refractivity contribution in [3.8, 4) is 0 Å². The quantitative estimate of drug-likeness (QED) is 0.893.